The Balaban J connectivity index is 1.85. The van der Waals surface area contributed by atoms with Crippen molar-refractivity contribution in [1.82, 2.24) is 9.80 Å². The summed E-state index contributed by atoms with van der Waals surface area (Å²) < 4.78 is 5.58. The first-order chi connectivity index (χ1) is 12.4. The van der Waals surface area contributed by atoms with E-state index in [0.29, 0.717) is 35.2 Å². The van der Waals surface area contributed by atoms with Gasteiger partial charge in [-0.05, 0) is 42.5 Å². The average Bonchev–Trinajstić information content (AvgIpc) is 2.62. The number of nitrogens with zero attached hydrogens (tertiary/aromatic N) is 2. The number of amides is 3. The monoisotopic (exact) mass is 375 g/mol. The van der Waals surface area contributed by atoms with Gasteiger partial charge in [-0.1, -0.05) is 17.7 Å². The number of hydrogen-bond acceptors (Lipinski definition) is 3. The summed E-state index contributed by atoms with van der Waals surface area (Å²) in [6.07, 6.45) is 0. The second-order valence-corrected chi connectivity index (χ2v) is 6.37. The van der Waals surface area contributed by atoms with Crippen LogP contribution >= 0.6 is 11.6 Å². The number of nitrogens with one attached hydrogen (secondary N) is 1. The maximum Gasteiger partial charge on any atom is 0.321 e. The highest BCUT2D eigenvalue weighted by Gasteiger charge is 2.12. The number of likely N-dealkylation sites (N-methyl/N-ethyl adjacent to an activating group) is 1. The number of ether oxygens (including phenoxy) is 1. The van der Waals surface area contributed by atoms with Crippen molar-refractivity contribution in [3.63, 3.8) is 0 Å². The molecular weight excluding hydrogens is 354 g/mol. The fourth-order valence-corrected chi connectivity index (χ4v) is 2.27. The maximum atomic E-state index is 12.3. The van der Waals surface area contributed by atoms with Crippen molar-refractivity contribution < 1.29 is 14.3 Å². The van der Waals surface area contributed by atoms with Gasteiger partial charge in [0.05, 0.1) is 6.54 Å². The minimum absolute atomic E-state index is 0.120. The average molecular weight is 376 g/mol. The molecule has 0 aliphatic heterocycles. The Morgan fingerprint density at radius 2 is 1.77 bits per heavy atom. The standard InChI is InChI=1S/C19H22ClN3O3/c1-22(2)18(24)14-5-4-6-16(13-14)21-19(25)23(3)11-12-26-17-9-7-15(20)8-10-17/h4-10,13H,11-12H2,1-3H3,(H,21,25). The third-order valence-electron chi connectivity index (χ3n) is 3.62. The highest BCUT2D eigenvalue weighted by atomic mass is 35.5. The molecule has 0 aliphatic rings. The number of rotatable bonds is 6. The maximum absolute atomic E-state index is 12.3. The summed E-state index contributed by atoms with van der Waals surface area (Å²) >= 11 is 5.82. The fourth-order valence-electron chi connectivity index (χ4n) is 2.14. The lowest BCUT2D eigenvalue weighted by atomic mass is 10.2. The van der Waals surface area contributed by atoms with Crippen molar-refractivity contribution in [2.24, 2.45) is 0 Å². The van der Waals surface area contributed by atoms with E-state index in [1.807, 2.05) is 0 Å². The molecular formula is C19H22ClN3O3. The molecule has 1 N–H and O–H groups in total. The van der Waals surface area contributed by atoms with Crippen LogP contribution in [0.4, 0.5) is 10.5 Å². The van der Waals surface area contributed by atoms with Gasteiger partial charge in [-0.3, -0.25) is 4.79 Å². The Labute approximate surface area is 158 Å². The van der Waals surface area contributed by atoms with Crippen molar-refractivity contribution in [3.05, 3.63) is 59.1 Å². The highest BCUT2D eigenvalue weighted by Crippen LogP contribution is 2.15. The molecule has 6 nitrogen and oxygen atoms in total. The largest absolute Gasteiger partial charge is 0.492 e. The molecule has 0 fully saturated rings. The third-order valence-corrected chi connectivity index (χ3v) is 3.87. The number of carbonyl (C=O) groups excluding carboxylic acids is 2. The molecule has 138 valence electrons. The SMILES string of the molecule is CN(C)C(=O)c1cccc(NC(=O)N(C)CCOc2ccc(Cl)cc2)c1. The molecule has 7 heteroatoms. The number of carbonyl (C=O) groups is 2. The molecule has 2 rings (SSSR count). The van der Waals surface area contributed by atoms with Gasteiger partial charge in [0.25, 0.3) is 5.91 Å². The normalized spacial score (nSPS) is 10.2. The molecule has 0 heterocycles. The zero-order valence-corrected chi connectivity index (χ0v) is 15.8. The van der Waals surface area contributed by atoms with E-state index in [9.17, 15) is 9.59 Å². The lowest BCUT2D eigenvalue weighted by Crippen LogP contribution is -2.34. The third kappa shape index (κ3) is 5.67. The van der Waals surface area contributed by atoms with Crippen molar-refractivity contribution in [2.75, 3.05) is 39.6 Å². The van der Waals surface area contributed by atoms with Gasteiger partial charge in [-0.15, -0.1) is 0 Å². The number of benzene rings is 2. The second-order valence-electron chi connectivity index (χ2n) is 5.93. The lowest BCUT2D eigenvalue weighted by molar-refractivity contribution is 0.0827. The van der Waals surface area contributed by atoms with Gasteiger partial charge < -0.3 is 19.9 Å². The predicted octanol–water partition coefficient (Wildman–Crippen LogP) is 3.58. The summed E-state index contributed by atoms with van der Waals surface area (Å²) in [4.78, 5) is 27.2. The quantitative estimate of drug-likeness (QED) is 0.839. The molecule has 0 aromatic heterocycles. The van der Waals surface area contributed by atoms with Crippen LogP contribution in [0.1, 0.15) is 10.4 Å². The Morgan fingerprint density at radius 3 is 2.42 bits per heavy atom. The minimum Gasteiger partial charge on any atom is -0.492 e. The van der Waals surface area contributed by atoms with E-state index in [1.165, 1.54) is 9.80 Å². The van der Waals surface area contributed by atoms with E-state index in [4.69, 9.17) is 16.3 Å². The fraction of sp³-hybridized carbons (Fsp3) is 0.263. The summed E-state index contributed by atoms with van der Waals surface area (Å²) in [5, 5.41) is 3.42. The van der Waals surface area contributed by atoms with Crippen molar-refractivity contribution in [1.29, 1.82) is 0 Å². The number of urea groups is 1. The molecule has 0 saturated heterocycles. The van der Waals surface area contributed by atoms with Gasteiger partial charge in [0.2, 0.25) is 0 Å². The van der Waals surface area contributed by atoms with Crippen LogP contribution in [-0.2, 0) is 0 Å². The second kappa shape index (κ2) is 9.10. The lowest BCUT2D eigenvalue weighted by Gasteiger charge is -2.19. The first-order valence-corrected chi connectivity index (χ1v) is 8.47. The van der Waals surface area contributed by atoms with Crippen LogP contribution in [0.3, 0.4) is 0 Å². The molecule has 3 amide bonds. The van der Waals surface area contributed by atoms with Crippen LogP contribution in [0.5, 0.6) is 5.75 Å². The van der Waals surface area contributed by atoms with Gasteiger partial charge in [0.1, 0.15) is 12.4 Å². The van der Waals surface area contributed by atoms with Crippen molar-refractivity contribution in [3.8, 4) is 5.75 Å². The van der Waals surface area contributed by atoms with Crippen molar-refractivity contribution >= 4 is 29.2 Å². The summed E-state index contributed by atoms with van der Waals surface area (Å²) in [6.45, 7) is 0.759. The van der Waals surface area contributed by atoms with Gasteiger partial charge in [0, 0.05) is 37.4 Å². The van der Waals surface area contributed by atoms with Gasteiger partial charge in [-0.25, -0.2) is 4.79 Å². The zero-order valence-electron chi connectivity index (χ0n) is 15.0. The Bertz CT molecular complexity index is 763. The van der Waals surface area contributed by atoms with Gasteiger partial charge >= 0.3 is 6.03 Å². The number of halogens is 1. The van der Waals surface area contributed by atoms with E-state index in [2.05, 4.69) is 5.32 Å². The van der Waals surface area contributed by atoms with Crippen LogP contribution < -0.4 is 10.1 Å². The van der Waals surface area contributed by atoms with Crippen LogP contribution in [0.25, 0.3) is 0 Å². The Hall–Kier alpha value is -2.73. The number of anilines is 1. The van der Waals surface area contributed by atoms with Crippen LogP contribution in [0, 0.1) is 0 Å². The van der Waals surface area contributed by atoms with Crippen LogP contribution in [0.15, 0.2) is 48.5 Å². The molecule has 2 aromatic rings. The molecule has 0 unspecified atom stereocenters. The number of hydrogen-bond donors (Lipinski definition) is 1. The first kappa shape index (κ1) is 19.6. The van der Waals surface area contributed by atoms with Gasteiger partial charge in [-0.2, -0.15) is 0 Å². The summed E-state index contributed by atoms with van der Waals surface area (Å²) in [5.74, 6) is 0.573. The van der Waals surface area contributed by atoms with E-state index < -0.39 is 0 Å². The Morgan fingerprint density at radius 1 is 1.08 bits per heavy atom. The summed E-state index contributed by atoms with van der Waals surface area (Å²) in [5.41, 5.74) is 1.08. The zero-order chi connectivity index (χ0) is 19.1. The van der Waals surface area contributed by atoms with Crippen LogP contribution in [0.2, 0.25) is 5.02 Å². The summed E-state index contributed by atoms with van der Waals surface area (Å²) in [7, 11) is 5.04. The molecule has 26 heavy (non-hydrogen) atoms. The molecule has 0 atom stereocenters. The molecule has 0 spiro atoms. The molecule has 0 saturated carbocycles. The van der Waals surface area contributed by atoms with E-state index in [1.54, 1.807) is 69.7 Å². The predicted molar refractivity (Wildman–Crippen MR) is 103 cm³/mol. The smallest absolute Gasteiger partial charge is 0.321 e. The van der Waals surface area contributed by atoms with Crippen LogP contribution in [-0.4, -0.2) is 56.0 Å². The first-order valence-electron chi connectivity index (χ1n) is 8.09. The van der Waals surface area contributed by atoms with E-state index >= 15 is 0 Å². The van der Waals surface area contributed by atoms with E-state index in [0.717, 1.165) is 0 Å². The molecule has 0 bridgehead atoms. The highest BCUT2D eigenvalue weighted by molar-refractivity contribution is 6.30. The van der Waals surface area contributed by atoms with Crippen molar-refractivity contribution in [2.45, 2.75) is 0 Å². The molecule has 2 aromatic carbocycles. The molecule has 0 radical (unpaired) electrons. The van der Waals surface area contributed by atoms with Gasteiger partial charge in [0.15, 0.2) is 0 Å². The van der Waals surface area contributed by atoms with E-state index in [-0.39, 0.29) is 11.9 Å². The summed E-state index contributed by atoms with van der Waals surface area (Å²) in [6, 6.07) is 13.6. The Kier molecular flexibility index (Phi) is 6.86. The molecule has 0 aliphatic carbocycles. The topological polar surface area (TPSA) is 61.9 Å². The minimum atomic E-state index is -0.279.